The van der Waals surface area contributed by atoms with Gasteiger partial charge in [0, 0.05) is 13.0 Å². The molecule has 0 radical (unpaired) electrons. The number of aliphatic hydroxyl groups excluding tert-OH is 1. The molecule has 0 aromatic heterocycles. The first-order valence-electron chi connectivity index (χ1n) is 10.0. The van der Waals surface area contributed by atoms with Crippen LogP contribution in [0, 0.1) is 0 Å². The zero-order valence-corrected chi connectivity index (χ0v) is 16.6. The van der Waals surface area contributed by atoms with Crippen molar-refractivity contribution in [1.82, 2.24) is 20.9 Å². The fraction of sp³-hybridized carbons (Fsp3) is 0.722. The lowest BCUT2D eigenvalue weighted by Crippen LogP contribution is -2.57. The van der Waals surface area contributed by atoms with Crippen LogP contribution < -0.4 is 21.7 Å². The van der Waals surface area contributed by atoms with E-state index in [1.165, 1.54) is 4.90 Å². The topological polar surface area (TPSA) is 191 Å². The third kappa shape index (κ3) is 6.13. The zero-order chi connectivity index (χ0) is 22.3. The average molecular weight is 427 g/mol. The van der Waals surface area contributed by atoms with Crippen LogP contribution in [0.5, 0.6) is 0 Å². The number of amides is 4. The molecule has 2 fully saturated rings. The Labute approximate surface area is 173 Å². The predicted octanol–water partition coefficient (Wildman–Crippen LogP) is -2.96. The Bertz CT molecular complexity index is 680. The second-order valence-electron chi connectivity index (χ2n) is 7.49. The number of primary amides is 1. The highest BCUT2D eigenvalue weighted by Gasteiger charge is 2.39. The van der Waals surface area contributed by atoms with Crippen LogP contribution in [0.3, 0.4) is 0 Å². The number of hydrogen-bond acceptors (Lipinski definition) is 7. The van der Waals surface area contributed by atoms with Crippen molar-refractivity contribution >= 4 is 29.6 Å². The van der Waals surface area contributed by atoms with Gasteiger partial charge in [-0.1, -0.05) is 0 Å². The molecule has 4 unspecified atom stereocenters. The monoisotopic (exact) mass is 427 g/mol. The van der Waals surface area contributed by atoms with Gasteiger partial charge in [0.25, 0.3) is 0 Å². The number of carboxylic acid groups (broad SMARTS) is 1. The van der Waals surface area contributed by atoms with E-state index in [1.54, 1.807) is 0 Å². The summed E-state index contributed by atoms with van der Waals surface area (Å²) in [6.07, 6.45) is 1.92. The largest absolute Gasteiger partial charge is 0.480 e. The van der Waals surface area contributed by atoms with Crippen LogP contribution in [0.1, 0.15) is 38.5 Å². The van der Waals surface area contributed by atoms with Gasteiger partial charge < -0.3 is 36.8 Å². The van der Waals surface area contributed by atoms with Crippen molar-refractivity contribution in [2.75, 3.05) is 19.7 Å². The molecule has 2 heterocycles. The van der Waals surface area contributed by atoms with E-state index in [9.17, 15) is 34.2 Å². The summed E-state index contributed by atoms with van der Waals surface area (Å²) in [6, 6.07) is -3.86. The van der Waals surface area contributed by atoms with Gasteiger partial charge in [-0.25, -0.2) is 4.79 Å². The Morgan fingerprint density at radius 2 is 1.77 bits per heavy atom. The molecule has 12 heteroatoms. The maximum atomic E-state index is 12.8. The number of hydrogen-bond donors (Lipinski definition) is 6. The molecule has 0 aromatic rings. The van der Waals surface area contributed by atoms with Crippen LogP contribution >= 0.6 is 0 Å². The third-order valence-corrected chi connectivity index (χ3v) is 5.31. The van der Waals surface area contributed by atoms with E-state index in [4.69, 9.17) is 5.73 Å². The zero-order valence-electron chi connectivity index (χ0n) is 16.6. The number of nitrogens with one attached hydrogen (secondary N) is 3. The van der Waals surface area contributed by atoms with E-state index in [0.29, 0.717) is 25.8 Å². The maximum absolute atomic E-state index is 12.8. The summed E-state index contributed by atoms with van der Waals surface area (Å²) in [5, 5.41) is 26.7. The van der Waals surface area contributed by atoms with Crippen LogP contribution in [0.25, 0.3) is 0 Å². The number of carbonyl (C=O) groups is 5. The lowest BCUT2D eigenvalue weighted by molar-refractivity contribution is -0.145. The molecule has 4 atom stereocenters. The van der Waals surface area contributed by atoms with Crippen molar-refractivity contribution in [3.63, 3.8) is 0 Å². The Balaban J connectivity index is 2.00. The highest BCUT2D eigenvalue weighted by atomic mass is 16.4. The number of aliphatic hydroxyl groups is 1. The molecule has 12 nitrogen and oxygen atoms in total. The molecule has 30 heavy (non-hydrogen) atoms. The average Bonchev–Trinajstić information content (AvgIpc) is 3.39. The van der Waals surface area contributed by atoms with Gasteiger partial charge in [0.05, 0.1) is 12.6 Å². The first-order valence-corrected chi connectivity index (χ1v) is 10.0. The minimum absolute atomic E-state index is 0.166. The highest BCUT2D eigenvalue weighted by molar-refractivity contribution is 5.94. The van der Waals surface area contributed by atoms with Gasteiger partial charge in [0.2, 0.25) is 23.6 Å². The molecule has 0 aromatic carbocycles. The van der Waals surface area contributed by atoms with Crippen molar-refractivity contribution in [2.24, 2.45) is 5.73 Å². The van der Waals surface area contributed by atoms with Gasteiger partial charge in [-0.15, -0.1) is 0 Å². The molecule has 168 valence electrons. The molecule has 2 saturated heterocycles. The van der Waals surface area contributed by atoms with Gasteiger partial charge in [0.1, 0.15) is 18.1 Å². The molecule has 2 rings (SSSR count). The molecule has 0 aliphatic carbocycles. The summed E-state index contributed by atoms with van der Waals surface area (Å²) < 4.78 is 0. The molecule has 0 bridgehead atoms. The number of carbonyl (C=O) groups excluding carboxylic acids is 4. The number of nitrogens with two attached hydrogens (primary N) is 1. The summed E-state index contributed by atoms with van der Waals surface area (Å²) in [7, 11) is 0. The lowest BCUT2D eigenvalue weighted by atomic mass is 10.1. The maximum Gasteiger partial charge on any atom is 0.326 e. The molecule has 2 aliphatic rings. The van der Waals surface area contributed by atoms with Gasteiger partial charge >= 0.3 is 5.97 Å². The first kappa shape index (κ1) is 23.5. The summed E-state index contributed by atoms with van der Waals surface area (Å²) in [5.41, 5.74) is 5.03. The van der Waals surface area contributed by atoms with Gasteiger partial charge in [-0.3, -0.25) is 19.2 Å². The molecular weight excluding hydrogens is 398 g/mol. The Hall–Kier alpha value is -2.73. The van der Waals surface area contributed by atoms with E-state index in [2.05, 4.69) is 16.0 Å². The SMILES string of the molecule is NC(=O)CCC(NC(=O)C1CCCN1C(=O)C(CO)NC(=O)C1CCCN1)C(=O)O. The quantitative estimate of drug-likeness (QED) is 0.213. The van der Waals surface area contributed by atoms with Crippen LogP contribution in [-0.4, -0.2) is 88.6 Å². The minimum Gasteiger partial charge on any atom is -0.480 e. The number of carboxylic acids is 1. The number of aliphatic carboxylic acids is 1. The van der Waals surface area contributed by atoms with Crippen LogP contribution in [-0.2, 0) is 24.0 Å². The molecule has 2 aliphatic heterocycles. The van der Waals surface area contributed by atoms with Crippen molar-refractivity contribution < 1.29 is 34.2 Å². The molecule has 0 spiro atoms. The summed E-state index contributed by atoms with van der Waals surface area (Å²) >= 11 is 0. The minimum atomic E-state index is -1.32. The summed E-state index contributed by atoms with van der Waals surface area (Å²) in [5.74, 6) is -3.67. The molecule has 7 N–H and O–H groups in total. The molecule has 4 amide bonds. The normalized spacial score (nSPS) is 22.9. The van der Waals surface area contributed by atoms with E-state index >= 15 is 0 Å². The van der Waals surface area contributed by atoms with Crippen LogP contribution in [0.15, 0.2) is 0 Å². The summed E-state index contributed by atoms with van der Waals surface area (Å²) in [6.45, 7) is 0.313. The highest BCUT2D eigenvalue weighted by Crippen LogP contribution is 2.19. The smallest absolute Gasteiger partial charge is 0.326 e. The van der Waals surface area contributed by atoms with Crippen LogP contribution in [0.2, 0.25) is 0 Å². The predicted molar refractivity (Wildman–Crippen MR) is 103 cm³/mol. The first-order chi connectivity index (χ1) is 14.2. The number of nitrogens with zero attached hydrogens (tertiary/aromatic N) is 1. The van der Waals surface area contributed by atoms with Crippen molar-refractivity contribution in [3.05, 3.63) is 0 Å². The fourth-order valence-corrected chi connectivity index (χ4v) is 3.68. The van der Waals surface area contributed by atoms with Gasteiger partial charge in [0.15, 0.2) is 0 Å². The lowest BCUT2D eigenvalue weighted by Gasteiger charge is -2.29. The van der Waals surface area contributed by atoms with Crippen molar-refractivity contribution in [3.8, 4) is 0 Å². The Morgan fingerprint density at radius 3 is 2.33 bits per heavy atom. The van der Waals surface area contributed by atoms with E-state index in [0.717, 1.165) is 6.42 Å². The summed E-state index contributed by atoms with van der Waals surface area (Å²) in [4.78, 5) is 61.2. The standard InChI is InChI=1S/C18H29N5O7/c19-14(25)6-5-11(18(29)30)21-16(27)13-4-2-8-23(13)17(28)12(9-24)22-15(26)10-3-1-7-20-10/h10-13,20,24H,1-9H2,(H2,19,25)(H,21,27)(H,22,26)(H,29,30). The van der Waals surface area contributed by atoms with Crippen molar-refractivity contribution in [1.29, 1.82) is 0 Å². The number of likely N-dealkylation sites (tertiary alicyclic amines) is 1. The molecule has 0 saturated carbocycles. The Morgan fingerprint density at radius 1 is 1.07 bits per heavy atom. The van der Waals surface area contributed by atoms with Crippen LogP contribution in [0.4, 0.5) is 0 Å². The Kier molecular flexibility index (Phi) is 8.54. The second kappa shape index (κ2) is 10.9. The van der Waals surface area contributed by atoms with E-state index < -0.39 is 60.4 Å². The molecular formula is C18H29N5O7. The van der Waals surface area contributed by atoms with E-state index in [-0.39, 0.29) is 19.4 Å². The van der Waals surface area contributed by atoms with Gasteiger partial charge in [-0.2, -0.15) is 0 Å². The second-order valence-corrected chi connectivity index (χ2v) is 7.49. The number of rotatable bonds is 10. The fourth-order valence-electron chi connectivity index (χ4n) is 3.68. The van der Waals surface area contributed by atoms with Gasteiger partial charge in [-0.05, 0) is 38.6 Å². The third-order valence-electron chi connectivity index (χ3n) is 5.31. The van der Waals surface area contributed by atoms with Crippen molar-refractivity contribution in [2.45, 2.75) is 62.7 Å². The van der Waals surface area contributed by atoms with E-state index in [1.807, 2.05) is 0 Å².